The zero-order chi connectivity index (χ0) is 10.8. The molecule has 5 heteroatoms. The Balaban J connectivity index is 2.28. The van der Waals surface area contributed by atoms with Crippen molar-refractivity contribution < 1.29 is 0 Å². The molecular weight excluding hydrogens is 233 g/mol. The van der Waals surface area contributed by atoms with Crippen molar-refractivity contribution in [2.75, 3.05) is 18.0 Å². The SMILES string of the molecule is N#C[C@H]1CCN(c2c(Cl)cncc2Cl)C1. The molecule has 1 aliphatic rings. The second-order valence-electron chi connectivity index (χ2n) is 3.51. The fourth-order valence-corrected chi connectivity index (χ4v) is 2.38. The van der Waals surface area contributed by atoms with Gasteiger partial charge in [0.25, 0.3) is 0 Å². The van der Waals surface area contributed by atoms with Gasteiger partial charge in [-0.25, -0.2) is 0 Å². The lowest BCUT2D eigenvalue weighted by molar-refractivity contribution is 0.755. The van der Waals surface area contributed by atoms with Gasteiger partial charge in [0.05, 0.1) is 27.7 Å². The molecule has 1 atom stereocenters. The van der Waals surface area contributed by atoms with Crippen LogP contribution in [0.15, 0.2) is 12.4 Å². The van der Waals surface area contributed by atoms with Gasteiger partial charge in [0, 0.05) is 25.5 Å². The van der Waals surface area contributed by atoms with Crippen molar-refractivity contribution in [1.29, 1.82) is 5.26 Å². The normalized spacial score (nSPS) is 20.3. The Labute approximate surface area is 98.2 Å². The summed E-state index contributed by atoms with van der Waals surface area (Å²) >= 11 is 12.1. The average Bonchev–Trinajstić information content (AvgIpc) is 2.66. The number of pyridine rings is 1. The molecule has 1 aromatic rings. The third kappa shape index (κ3) is 2.01. The summed E-state index contributed by atoms with van der Waals surface area (Å²) < 4.78 is 0. The van der Waals surface area contributed by atoms with Gasteiger partial charge in [-0.2, -0.15) is 5.26 Å². The number of hydrogen-bond donors (Lipinski definition) is 0. The number of hydrogen-bond acceptors (Lipinski definition) is 3. The maximum Gasteiger partial charge on any atom is 0.0838 e. The summed E-state index contributed by atoms with van der Waals surface area (Å²) in [7, 11) is 0. The minimum atomic E-state index is 0.0744. The van der Waals surface area contributed by atoms with Crippen molar-refractivity contribution in [1.82, 2.24) is 4.98 Å². The highest BCUT2D eigenvalue weighted by Crippen LogP contribution is 2.35. The monoisotopic (exact) mass is 241 g/mol. The van der Waals surface area contributed by atoms with E-state index in [2.05, 4.69) is 11.1 Å². The summed E-state index contributed by atoms with van der Waals surface area (Å²) in [5, 5.41) is 9.90. The fourth-order valence-electron chi connectivity index (χ4n) is 1.78. The molecule has 78 valence electrons. The van der Waals surface area contributed by atoms with E-state index in [4.69, 9.17) is 28.5 Å². The Bertz CT molecular complexity index is 393. The molecule has 0 bridgehead atoms. The number of rotatable bonds is 1. The molecule has 2 heterocycles. The third-order valence-electron chi connectivity index (χ3n) is 2.52. The number of aromatic nitrogens is 1. The predicted molar refractivity (Wildman–Crippen MR) is 60.2 cm³/mol. The van der Waals surface area contributed by atoms with Gasteiger partial charge in [-0.05, 0) is 6.42 Å². The summed E-state index contributed by atoms with van der Waals surface area (Å²) in [6, 6.07) is 2.26. The van der Waals surface area contributed by atoms with Gasteiger partial charge in [-0.1, -0.05) is 23.2 Å². The lowest BCUT2D eigenvalue weighted by Gasteiger charge is -2.20. The van der Waals surface area contributed by atoms with Crippen molar-refractivity contribution in [3.63, 3.8) is 0 Å². The first-order chi connectivity index (χ1) is 7.22. The molecule has 0 radical (unpaired) electrons. The van der Waals surface area contributed by atoms with Crippen LogP contribution in [0.3, 0.4) is 0 Å². The van der Waals surface area contributed by atoms with E-state index in [0.29, 0.717) is 16.6 Å². The van der Waals surface area contributed by atoms with E-state index >= 15 is 0 Å². The van der Waals surface area contributed by atoms with E-state index in [1.54, 1.807) is 12.4 Å². The van der Waals surface area contributed by atoms with Gasteiger partial charge in [0.2, 0.25) is 0 Å². The first-order valence-electron chi connectivity index (χ1n) is 4.66. The van der Waals surface area contributed by atoms with Crippen LogP contribution in [-0.4, -0.2) is 18.1 Å². The first-order valence-corrected chi connectivity index (χ1v) is 5.41. The Kier molecular flexibility index (Phi) is 2.99. The lowest BCUT2D eigenvalue weighted by atomic mass is 10.1. The summed E-state index contributed by atoms with van der Waals surface area (Å²) in [5.74, 6) is 0.0744. The lowest BCUT2D eigenvalue weighted by Crippen LogP contribution is -2.20. The van der Waals surface area contributed by atoms with Crippen molar-refractivity contribution in [2.45, 2.75) is 6.42 Å². The third-order valence-corrected chi connectivity index (χ3v) is 3.07. The summed E-state index contributed by atoms with van der Waals surface area (Å²) in [5.41, 5.74) is 0.797. The molecule has 2 rings (SSSR count). The number of halogens is 2. The molecule has 0 unspecified atom stereocenters. The summed E-state index contributed by atoms with van der Waals surface area (Å²) in [6.45, 7) is 1.52. The van der Waals surface area contributed by atoms with Gasteiger partial charge in [0.15, 0.2) is 0 Å². The van der Waals surface area contributed by atoms with Crippen LogP contribution in [0.2, 0.25) is 10.0 Å². The van der Waals surface area contributed by atoms with Crippen LogP contribution in [0.1, 0.15) is 6.42 Å². The van der Waals surface area contributed by atoms with Crippen LogP contribution in [0.25, 0.3) is 0 Å². The molecule has 1 aliphatic heterocycles. The number of anilines is 1. The van der Waals surface area contributed by atoms with Crippen LogP contribution < -0.4 is 4.90 Å². The van der Waals surface area contributed by atoms with Crippen LogP contribution in [0.4, 0.5) is 5.69 Å². The highest BCUT2D eigenvalue weighted by Gasteiger charge is 2.25. The number of nitriles is 1. The standard InChI is InChI=1S/C10H9Cl2N3/c11-8-4-14-5-9(12)10(8)15-2-1-7(3-13)6-15/h4-5,7H,1-2,6H2/t7-/m1/s1. The largest absolute Gasteiger partial charge is 0.368 e. The fraction of sp³-hybridized carbons (Fsp3) is 0.400. The van der Waals surface area contributed by atoms with E-state index in [-0.39, 0.29) is 5.92 Å². The number of nitrogens with zero attached hydrogens (tertiary/aromatic N) is 3. The molecule has 1 saturated heterocycles. The second kappa shape index (κ2) is 4.26. The summed E-state index contributed by atoms with van der Waals surface area (Å²) in [6.07, 6.45) is 4.01. The Hall–Kier alpha value is -0.980. The van der Waals surface area contributed by atoms with Gasteiger partial charge in [-0.3, -0.25) is 4.98 Å². The van der Waals surface area contributed by atoms with Crippen LogP contribution in [0.5, 0.6) is 0 Å². The molecule has 1 aromatic heterocycles. The van der Waals surface area contributed by atoms with Gasteiger partial charge in [0.1, 0.15) is 0 Å². The van der Waals surface area contributed by atoms with Crippen molar-refractivity contribution in [3.8, 4) is 6.07 Å². The predicted octanol–water partition coefficient (Wildman–Crippen LogP) is 2.74. The Morgan fingerprint density at radius 1 is 1.40 bits per heavy atom. The molecular formula is C10H9Cl2N3. The van der Waals surface area contributed by atoms with E-state index < -0.39 is 0 Å². The van der Waals surface area contributed by atoms with Crippen molar-refractivity contribution >= 4 is 28.9 Å². The first kappa shape index (κ1) is 10.5. The molecule has 0 amide bonds. The smallest absolute Gasteiger partial charge is 0.0838 e. The molecule has 0 N–H and O–H groups in total. The molecule has 0 aliphatic carbocycles. The van der Waals surface area contributed by atoms with Crippen molar-refractivity contribution in [3.05, 3.63) is 22.4 Å². The summed E-state index contributed by atoms with van der Waals surface area (Å²) in [4.78, 5) is 5.94. The van der Waals surface area contributed by atoms with Crippen LogP contribution in [-0.2, 0) is 0 Å². The average molecular weight is 242 g/mol. The zero-order valence-corrected chi connectivity index (χ0v) is 9.46. The van der Waals surface area contributed by atoms with E-state index in [9.17, 15) is 0 Å². The Morgan fingerprint density at radius 2 is 2.07 bits per heavy atom. The quantitative estimate of drug-likeness (QED) is 0.760. The highest BCUT2D eigenvalue weighted by atomic mass is 35.5. The van der Waals surface area contributed by atoms with E-state index in [1.165, 1.54) is 0 Å². The molecule has 3 nitrogen and oxygen atoms in total. The van der Waals surface area contributed by atoms with E-state index in [1.807, 2.05) is 4.90 Å². The Morgan fingerprint density at radius 3 is 2.60 bits per heavy atom. The minimum absolute atomic E-state index is 0.0744. The van der Waals surface area contributed by atoms with Crippen molar-refractivity contribution in [2.24, 2.45) is 5.92 Å². The molecule has 1 fully saturated rings. The molecule has 0 spiro atoms. The van der Waals surface area contributed by atoms with Gasteiger partial charge in [-0.15, -0.1) is 0 Å². The van der Waals surface area contributed by atoms with Crippen LogP contribution >= 0.6 is 23.2 Å². The minimum Gasteiger partial charge on any atom is -0.368 e. The zero-order valence-electron chi connectivity index (χ0n) is 7.95. The van der Waals surface area contributed by atoms with E-state index in [0.717, 1.165) is 18.7 Å². The van der Waals surface area contributed by atoms with Gasteiger partial charge >= 0.3 is 0 Å². The highest BCUT2D eigenvalue weighted by molar-refractivity contribution is 6.38. The molecule has 0 saturated carbocycles. The molecule has 0 aromatic carbocycles. The maximum absolute atomic E-state index is 8.81. The maximum atomic E-state index is 8.81. The topological polar surface area (TPSA) is 39.9 Å². The molecule has 15 heavy (non-hydrogen) atoms. The second-order valence-corrected chi connectivity index (χ2v) is 4.33. The van der Waals surface area contributed by atoms with Gasteiger partial charge < -0.3 is 4.90 Å². The van der Waals surface area contributed by atoms with Crippen LogP contribution in [0, 0.1) is 17.2 Å².